The topological polar surface area (TPSA) is 24.9 Å². The maximum atomic E-state index is 13.2. The second-order valence-corrected chi connectivity index (χ2v) is 3.46. The summed E-state index contributed by atoms with van der Waals surface area (Å²) in [6, 6.07) is 7.62. The predicted octanol–water partition coefficient (Wildman–Crippen LogP) is 3.41. The van der Waals surface area contributed by atoms with Gasteiger partial charge in [0, 0.05) is 23.6 Å². The number of nitrogens with one attached hydrogen (secondary N) is 1. The van der Waals surface area contributed by atoms with E-state index in [0.29, 0.717) is 16.9 Å². The Morgan fingerprint density at radius 2 is 1.81 bits per heavy atom. The van der Waals surface area contributed by atoms with Crippen molar-refractivity contribution in [3.05, 3.63) is 53.9 Å². The Kier molecular flexibility index (Phi) is 2.81. The standard InChI is InChI=1S/C12H10F2N2/c1-8-2-3-9(6-11(8)13)16-10-4-5-15-12(14)7-10/h2-7H,1H3,(H,15,16). The van der Waals surface area contributed by atoms with Crippen molar-refractivity contribution in [2.75, 3.05) is 5.32 Å². The van der Waals surface area contributed by atoms with Crippen molar-refractivity contribution in [3.63, 3.8) is 0 Å². The van der Waals surface area contributed by atoms with Gasteiger partial charge in [0.1, 0.15) is 5.82 Å². The zero-order valence-corrected chi connectivity index (χ0v) is 8.67. The molecule has 0 atom stereocenters. The van der Waals surface area contributed by atoms with E-state index in [1.165, 1.54) is 18.3 Å². The highest BCUT2D eigenvalue weighted by atomic mass is 19.1. The SMILES string of the molecule is Cc1ccc(Nc2ccnc(F)c2)cc1F. The second-order valence-electron chi connectivity index (χ2n) is 3.46. The van der Waals surface area contributed by atoms with Gasteiger partial charge in [0.05, 0.1) is 0 Å². The monoisotopic (exact) mass is 220 g/mol. The highest BCUT2D eigenvalue weighted by molar-refractivity contribution is 5.59. The first-order valence-corrected chi connectivity index (χ1v) is 4.80. The number of halogens is 2. The number of hydrogen-bond acceptors (Lipinski definition) is 2. The molecule has 0 aliphatic rings. The minimum atomic E-state index is -0.572. The lowest BCUT2D eigenvalue weighted by Gasteiger charge is -2.06. The fourth-order valence-electron chi connectivity index (χ4n) is 1.32. The number of pyridine rings is 1. The van der Waals surface area contributed by atoms with Gasteiger partial charge >= 0.3 is 0 Å². The summed E-state index contributed by atoms with van der Waals surface area (Å²) in [4.78, 5) is 3.43. The van der Waals surface area contributed by atoms with Gasteiger partial charge in [-0.1, -0.05) is 6.07 Å². The van der Waals surface area contributed by atoms with E-state index in [9.17, 15) is 8.78 Å². The quantitative estimate of drug-likeness (QED) is 0.784. The van der Waals surface area contributed by atoms with Crippen molar-refractivity contribution in [1.82, 2.24) is 4.98 Å². The second kappa shape index (κ2) is 4.26. The Morgan fingerprint density at radius 1 is 1.06 bits per heavy atom. The summed E-state index contributed by atoms with van der Waals surface area (Å²) in [6.07, 6.45) is 1.35. The summed E-state index contributed by atoms with van der Waals surface area (Å²) in [5.41, 5.74) is 1.69. The van der Waals surface area contributed by atoms with E-state index in [0.717, 1.165) is 0 Å². The molecule has 0 fully saturated rings. The van der Waals surface area contributed by atoms with Crippen molar-refractivity contribution in [3.8, 4) is 0 Å². The summed E-state index contributed by atoms with van der Waals surface area (Å²) >= 11 is 0. The molecule has 0 unspecified atom stereocenters. The molecule has 0 amide bonds. The van der Waals surface area contributed by atoms with Crippen LogP contribution in [0.15, 0.2) is 36.5 Å². The van der Waals surface area contributed by atoms with E-state index in [4.69, 9.17) is 0 Å². The first-order chi connectivity index (χ1) is 7.65. The van der Waals surface area contributed by atoms with Crippen molar-refractivity contribution >= 4 is 11.4 Å². The molecule has 0 spiro atoms. The Bertz CT molecular complexity index is 512. The minimum Gasteiger partial charge on any atom is -0.355 e. The van der Waals surface area contributed by atoms with Gasteiger partial charge in [-0.15, -0.1) is 0 Å². The third-order valence-electron chi connectivity index (χ3n) is 2.19. The molecule has 2 nitrogen and oxygen atoms in total. The van der Waals surface area contributed by atoms with Crippen molar-refractivity contribution in [1.29, 1.82) is 0 Å². The van der Waals surface area contributed by atoms with Crippen LogP contribution >= 0.6 is 0 Å². The molecule has 0 saturated heterocycles. The average Bonchev–Trinajstić information content (AvgIpc) is 2.24. The van der Waals surface area contributed by atoms with Crippen LogP contribution in [0.25, 0.3) is 0 Å². The fourth-order valence-corrected chi connectivity index (χ4v) is 1.32. The molecule has 16 heavy (non-hydrogen) atoms. The van der Waals surface area contributed by atoms with E-state index in [-0.39, 0.29) is 5.82 Å². The lowest BCUT2D eigenvalue weighted by atomic mass is 10.2. The maximum Gasteiger partial charge on any atom is 0.214 e. The molecule has 1 heterocycles. The van der Waals surface area contributed by atoms with E-state index in [2.05, 4.69) is 10.3 Å². The minimum absolute atomic E-state index is 0.292. The Hall–Kier alpha value is -1.97. The summed E-state index contributed by atoms with van der Waals surface area (Å²) in [5, 5.41) is 2.89. The maximum absolute atomic E-state index is 13.2. The van der Waals surface area contributed by atoms with Crippen LogP contribution in [0, 0.1) is 18.7 Å². The van der Waals surface area contributed by atoms with E-state index in [1.807, 2.05) is 0 Å². The lowest BCUT2D eigenvalue weighted by molar-refractivity contribution is 0.584. The summed E-state index contributed by atoms with van der Waals surface area (Å²) in [7, 11) is 0. The normalized spacial score (nSPS) is 10.2. The van der Waals surface area contributed by atoms with Crippen LogP contribution in [0.1, 0.15) is 5.56 Å². The molecule has 1 aromatic carbocycles. The molecule has 4 heteroatoms. The van der Waals surface area contributed by atoms with Crippen LogP contribution in [-0.4, -0.2) is 4.98 Å². The zero-order valence-electron chi connectivity index (χ0n) is 8.67. The predicted molar refractivity (Wildman–Crippen MR) is 58.6 cm³/mol. The summed E-state index contributed by atoms with van der Waals surface area (Å²) < 4.78 is 26.0. The Labute approximate surface area is 92.0 Å². The highest BCUT2D eigenvalue weighted by Crippen LogP contribution is 2.18. The van der Waals surface area contributed by atoms with Crippen LogP contribution in [0.4, 0.5) is 20.2 Å². The van der Waals surface area contributed by atoms with E-state index < -0.39 is 5.95 Å². The smallest absolute Gasteiger partial charge is 0.214 e. The lowest BCUT2D eigenvalue weighted by Crippen LogP contribution is -1.93. The van der Waals surface area contributed by atoms with Gasteiger partial charge in [0.15, 0.2) is 0 Å². The molecular weight excluding hydrogens is 210 g/mol. The first-order valence-electron chi connectivity index (χ1n) is 4.80. The van der Waals surface area contributed by atoms with Crippen LogP contribution in [-0.2, 0) is 0 Å². The summed E-state index contributed by atoms with van der Waals surface area (Å²) in [5.74, 6) is -0.864. The molecule has 82 valence electrons. The van der Waals surface area contributed by atoms with Gasteiger partial charge in [-0.05, 0) is 30.7 Å². The van der Waals surface area contributed by atoms with Crippen LogP contribution in [0.3, 0.4) is 0 Å². The molecule has 2 rings (SSSR count). The highest BCUT2D eigenvalue weighted by Gasteiger charge is 2.00. The Balaban J connectivity index is 2.24. The molecule has 1 N–H and O–H groups in total. The number of anilines is 2. The number of hydrogen-bond donors (Lipinski definition) is 1. The average molecular weight is 220 g/mol. The molecule has 1 aromatic heterocycles. The number of aryl methyl sites for hydroxylation is 1. The molecule has 0 saturated carbocycles. The van der Waals surface area contributed by atoms with Gasteiger partial charge in [-0.25, -0.2) is 9.37 Å². The molecular formula is C12H10F2N2. The van der Waals surface area contributed by atoms with E-state index >= 15 is 0 Å². The van der Waals surface area contributed by atoms with Gasteiger partial charge in [-0.2, -0.15) is 4.39 Å². The van der Waals surface area contributed by atoms with Gasteiger partial charge in [0.2, 0.25) is 5.95 Å². The Morgan fingerprint density at radius 3 is 2.50 bits per heavy atom. The molecule has 0 radical (unpaired) electrons. The van der Waals surface area contributed by atoms with Crippen molar-refractivity contribution < 1.29 is 8.78 Å². The molecule has 2 aromatic rings. The van der Waals surface area contributed by atoms with Crippen LogP contribution in [0.5, 0.6) is 0 Å². The molecule has 0 aliphatic heterocycles. The van der Waals surface area contributed by atoms with Gasteiger partial charge < -0.3 is 5.32 Å². The molecule has 0 bridgehead atoms. The zero-order chi connectivity index (χ0) is 11.5. The van der Waals surface area contributed by atoms with Gasteiger partial charge in [0.25, 0.3) is 0 Å². The largest absolute Gasteiger partial charge is 0.355 e. The first kappa shape index (κ1) is 10.5. The van der Waals surface area contributed by atoms with Crippen molar-refractivity contribution in [2.24, 2.45) is 0 Å². The summed E-state index contributed by atoms with van der Waals surface area (Å²) in [6.45, 7) is 1.69. The molecule has 0 aliphatic carbocycles. The number of benzene rings is 1. The number of nitrogens with zero attached hydrogens (tertiary/aromatic N) is 1. The van der Waals surface area contributed by atoms with Gasteiger partial charge in [-0.3, -0.25) is 0 Å². The third-order valence-corrected chi connectivity index (χ3v) is 2.19. The number of rotatable bonds is 2. The third kappa shape index (κ3) is 2.34. The van der Waals surface area contributed by atoms with Crippen LogP contribution in [0.2, 0.25) is 0 Å². The van der Waals surface area contributed by atoms with Crippen molar-refractivity contribution in [2.45, 2.75) is 6.92 Å². The fraction of sp³-hybridized carbons (Fsp3) is 0.0833. The van der Waals surface area contributed by atoms with E-state index in [1.54, 1.807) is 25.1 Å². The number of aromatic nitrogens is 1. The van der Waals surface area contributed by atoms with Crippen LogP contribution < -0.4 is 5.32 Å².